The molecule has 0 spiro atoms. The summed E-state index contributed by atoms with van der Waals surface area (Å²) in [6.45, 7) is 6.68. The van der Waals surface area contributed by atoms with Crippen LogP contribution in [0.5, 0.6) is 0 Å². The summed E-state index contributed by atoms with van der Waals surface area (Å²) >= 11 is 0. The molecule has 0 aromatic carbocycles. The number of carbonyl (C=O) groups excluding carboxylic acids is 2. The van der Waals surface area contributed by atoms with Gasteiger partial charge in [0.15, 0.2) is 0 Å². The van der Waals surface area contributed by atoms with Crippen LogP contribution >= 0.6 is 0 Å². The van der Waals surface area contributed by atoms with Gasteiger partial charge in [0, 0.05) is 32.6 Å². The first-order valence-electron chi connectivity index (χ1n) is 6.38. The highest BCUT2D eigenvalue weighted by Crippen LogP contribution is 2.07. The lowest BCUT2D eigenvalue weighted by atomic mass is 10.2. The summed E-state index contributed by atoms with van der Waals surface area (Å²) in [6, 6.07) is 0. The van der Waals surface area contributed by atoms with Crippen LogP contribution in [0.1, 0.15) is 33.1 Å². The topological polar surface area (TPSA) is 49.9 Å². The normalized spacial score (nSPS) is 15.9. The number of carbonyl (C=O) groups is 2. The van der Waals surface area contributed by atoms with Gasteiger partial charge in [-0.05, 0) is 13.3 Å². The maximum Gasteiger partial charge on any atom is 0.409 e. The fourth-order valence-electron chi connectivity index (χ4n) is 1.84. The summed E-state index contributed by atoms with van der Waals surface area (Å²) < 4.78 is 4.93. The van der Waals surface area contributed by atoms with Crippen molar-refractivity contribution in [3.8, 4) is 0 Å². The van der Waals surface area contributed by atoms with Crippen molar-refractivity contribution in [3.63, 3.8) is 0 Å². The minimum absolute atomic E-state index is 0.204. The average molecular weight is 242 g/mol. The second-order valence-electron chi connectivity index (χ2n) is 4.17. The van der Waals surface area contributed by atoms with Crippen molar-refractivity contribution in [2.75, 3.05) is 32.8 Å². The Balaban J connectivity index is 2.30. The molecule has 5 nitrogen and oxygen atoms in total. The van der Waals surface area contributed by atoms with E-state index in [-0.39, 0.29) is 12.0 Å². The van der Waals surface area contributed by atoms with Gasteiger partial charge in [-0.3, -0.25) is 4.79 Å². The van der Waals surface area contributed by atoms with Gasteiger partial charge in [-0.15, -0.1) is 0 Å². The Labute approximate surface area is 103 Å². The third kappa shape index (κ3) is 4.24. The van der Waals surface area contributed by atoms with E-state index in [0.29, 0.717) is 39.2 Å². The monoisotopic (exact) mass is 242 g/mol. The average Bonchev–Trinajstić information content (AvgIpc) is 2.36. The zero-order chi connectivity index (χ0) is 12.7. The number of amides is 2. The van der Waals surface area contributed by atoms with E-state index in [1.54, 1.807) is 11.8 Å². The predicted octanol–water partition coefficient (Wildman–Crippen LogP) is 1.48. The van der Waals surface area contributed by atoms with Gasteiger partial charge in [-0.1, -0.05) is 13.3 Å². The first-order valence-corrected chi connectivity index (χ1v) is 6.38. The largest absolute Gasteiger partial charge is 0.450 e. The highest BCUT2D eigenvalue weighted by Gasteiger charge is 2.24. The fourth-order valence-corrected chi connectivity index (χ4v) is 1.84. The zero-order valence-electron chi connectivity index (χ0n) is 10.8. The molecule has 0 aliphatic carbocycles. The lowest BCUT2D eigenvalue weighted by molar-refractivity contribution is -0.132. The summed E-state index contributed by atoms with van der Waals surface area (Å²) in [5.41, 5.74) is 0. The van der Waals surface area contributed by atoms with Gasteiger partial charge < -0.3 is 14.5 Å². The molecule has 2 amide bonds. The van der Waals surface area contributed by atoms with Gasteiger partial charge in [0.1, 0.15) is 0 Å². The Hall–Kier alpha value is -1.26. The van der Waals surface area contributed by atoms with Crippen molar-refractivity contribution in [1.82, 2.24) is 9.80 Å². The maximum atomic E-state index is 11.8. The lowest BCUT2D eigenvalue weighted by Gasteiger charge is -2.34. The van der Waals surface area contributed by atoms with Gasteiger partial charge in [0.25, 0.3) is 0 Å². The Morgan fingerprint density at radius 1 is 1.06 bits per heavy atom. The molecule has 0 N–H and O–H groups in total. The molecule has 17 heavy (non-hydrogen) atoms. The van der Waals surface area contributed by atoms with Crippen molar-refractivity contribution in [3.05, 3.63) is 0 Å². The molecule has 0 bridgehead atoms. The molecule has 1 aliphatic rings. The number of hydrogen-bond donors (Lipinski definition) is 0. The Morgan fingerprint density at radius 3 is 2.18 bits per heavy atom. The standard InChI is InChI=1S/C12H22N2O3/c1-3-5-6-11(15)13-7-9-14(10-8-13)12(16)17-4-2/h3-10H2,1-2H3. The summed E-state index contributed by atoms with van der Waals surface area (Å²) in [5.74, 6) is 0.204. The van der Waals surface area contributed by atoms with E-state index in [0.717, 1.165) is 12.8 Å². The number of unbranched alkanes of at least 4 members (excludes halogenated alkanes) is 1. The van der Waals surface area contributed by atoms with E-state index < -0.39 is 0 Å². The summed E-state index contributed by atoms with van der Waals surface area (Å²) in [4.78, 5) is 26.7. The van der Waals surface area contributed by atoms with Crippen LogP contribution in [0.25, 0.3) is 0 Å². The molecule has 1 rings (SSSR count). The minimum Gasteiger partial charge on any atom is -0.450 e. The molecule has 5 heteroatoms. The van der Waals surface area contributed by atoms with Crippen LogP contribution < -0.4 is 0 Å². The molecule has 0 unspecified atom stereocenters. The van der Waals surface area contributed by atoms with E-state index >= 15 is 0 Å². The number of rotatable bonds is 4. The van der Waals surface area contributed by atoms with Crippen LogP contribution in [0, 0.1) is 0 Å². The van der Waals surface area contributed by atoms with Crippen molar-refractivity contribution < 1.29 is 14.3 Å². The number of ether oxygens (including phenoxy) is 1. The minimum atomic E-state index is -0.270. The van der Waals surface area contributed by atoms with E-state index in [1.165, 1.54) is 0 Å². The molecular formula is C12H22N2O3. The van der Waals surface area contributed by atoms with E-state index in [2.05, 4.69) is 6.92 Å². The number of piperazine rings is 1. The molecule has 1 aliphatic heterocycles. The SMILES string of the molecule is CCCCC(=O)N1CCN(C(=O)OCC)CC1. The van der Waals surface area contributed by atoms with E-state index in [4.69, 9.17) is 4.74 Å². The smallest absolute Gasteiger partial charge is 0.409 e. The molecular weight excluding hydrogens is 220 g/mol. The van der Waals surface area contributed by atoms with Crippen LogP contribution in [0.2, 0.25) is 0 Å². The summed E-state index contributed by atoms with van der Waals surface area (Å²) in [6.07, 6.45) is 2.33. The van der Waals surface area contributed by atoms with Crippen molar-refractivity contribution in [2.24, 2.45) is 0 Å². The lowest BCUT2D eigenvalue weighted by Crippen LogP contribution is -2.50. The molecule has 98 valence electrons. The van der Waals surface area contributed by atoms with E-state index in [1.807, 2.05) is 4.90 Å². The van der Waals surface area contributed by atoms with Gasteiger partial charge >= 0.3 is 6.09 Å². The Morgan fingerprint density at radius 2 is 1.65 bits per heavy atom. The quantitative estimate of drug-likeness (QED) is 0.750. The summed E-state index contributed by atoms with van der Waals surface area (Å²) in [5, 5.41) is 0. The van der Waals surface area contributed by atoms with Crippen LogP contribution in [-0.2, 0) is 9.53 Å². The van der Waals surface area contributed by atoms with E-state index in [9.17, 15) is 9.59 Å². The fraction of sp³-hybridized carbons (Fsp3) is 0.833. The van der Waals surface area contributed by atoms with Gasteiger partial charge in [0.05, 0.1) is 6.61 Å². The molecule has 0 aromatic rings. The first-order chi connectivity index (χ1) is 8.19. The Kier molecular flexibility index (Phi) is 5.80. The van der Waals surface area contributed by atoms with Crippen LogP contribution in [0.3, 0.4) is 0 Å². The third-order valence-corrected chi connectivity index (χ3v) is 2.90. The molecule has 1 saturated heterocycles. The predicted molar refractivity (Wildman–Crippen MR) is 64.7 cm³/mol. The van der Waals surface area contributed by atoms with Gasteiger partial charge in [0.2, 0.25) is 5.91 Å². The zero-order valence-corrected chi connectivity index (χ0v) is 10.8. The van der Waals surface area contributed by atoms with Crippen LogP contribution in [0.4, 0.5) is 4.79 Å². The highest BCUT2D eigenvalue weighted by molar-refractivity contribution is 5.76. The molecule has 0 saturated carbocycles. The van der Waals surface area contributed by atoms with Crippen molar-refractivity contribution >= 4 is 12.0 Å². The molecule has 0 radical (unpaired) electrons. The van der Waals surface area contributed by atoms with Crippen LogP contribution in [-0.4, -0.2) is 54.6 Å². The molecule has 1 heterocycles. The Bertz CT molecular complexity index is 260. The third-order valence-electron chi connectivity index (χ3n) is 2.90. The molecule has 1 fully saturated rings. The molecule has 0 aromatic heterocycles. The second kappa shape index (κ2) is 7.14. The number of hydrogen-bond acceptors (Lipinski definition) is 3. The second-order valence-corrected chi connectivity index (χ2v) is 4.17. The van der Waals surface area contributed by atoms with Gasteiger partial charge in [-0.2, -0.15) is 0 Å². The van der Waals surface area contributed by atoms with Crippen molar-refractivity contribution in [2.45, 2.75) is 33.1 Å². The maximum absolute atomic E-state index is 11.8. The van der Waals surface area contributed by atoms with Gasteiger partial charge in [-0.25, -0.2) is 4.79 Å². The van der Waals surface area contributed by atoms with Crippen molar-refractivity contribution in [1.29, 1.82) is 0 Å². The van der Waals surface area contributed by atoms with Crippen LogP contribution in [0.15, 0.2) is 0 Å². The highest BCUT2D eigenvalue weighted by atomic mass is 16.6. The molecule has 0 atom stereocenters. The summed E-state index contributed by atoms with van der Waals surface area (Å²) in [7, 11) is 0. The number of nitrogens with zero attached hydrogens (tertiary/aromatic N) is 2. The first kappa shape index (κ1) is 13.8.